The zero-order valence-corrected chi connectivity index (χ0v) is 36.1. The summed E-state index contributed by atoms with van der Waals surface area (Å²) in [5.41, 5.74) is 17.4. The van der Waals surface area contributed by atoms with E-state index in [1.807, 2.05) is 0 Å². The first-order valence-corrected chi connectivity index (χ1v) is 21.9. The molecule has 0 saturated heterocycles. The van der Waals surface area contributed by atoms with Crippen LogP contribution < -0.4 is 4.90 Å². The third-order valence-electron chi connectivity index (χ3n) is 13.4. The van der Waals surface area contributed by atoms with Crippen molar-refractivity contribution in [2.45, 2.75) is 45.4 Å². The molecular formula is C61H49N. The van der Waals surface area contributed by atoms with Crippen LogP contribution in [0.2, 0.25) is 0 Å². The van der Waals surface area contributed by atoms with Gasteiger partial charge in [0.05, 0.1) is 0 Å². The molecule has 0 saturated carbocycles. The van der Waals surface area contributed by atoms with Crippen molar-refractivity contribution in [1.82, 2.24) is 0 Å². The fourth-order valence-electron chi connectivity index (χ4n) is 10.3. The summed E-state index contributed by atoms with van der Waals surface area (Å²) in [5, 5.41) is 7.52. The lowest BCUT2D eigenvalue weighted by Gasteiger charge is -2.29. The number of hydrogen-bond donors (Lipinski definition) is 0. The van der Waals surface area contributed by atoms with Gasteiger partial charge in [0.25, 0.3) is 0 Å². The average Bonchev–Trinajstić information content (AvgIpc) is 3.54. The van der Waals surface area contributed by atoms with Gasteiger partial charge in [0.15, 0.2) is 0 Å². The predicted molar refractivity (Wildman–Crippen MR) is 266 cm³/mol. The SMILES string of the molecule is CC(C)(C)c1ccc(N(c2ccc3c(c2)C(C)(C)c2ccccc2-3)c2ccc3c(c2)c2ccccc2c2c(-c4ccccc4)cc(-c4ccccc4)c(-c4ccccc4)c32)cc1. The lowest BCUT2D eigenvalue weighted by atomic mass is 9.81. The first-order valence-electron chi connectivity index (χ1n) is 21.9. The average molecular weight is 796 g/mol. The maximum absolute atomic E-state index is 2.47. The van der Waals surface area contributed by atoms with E-state index in [2.05, 4.69) is 246 Å². The highest BCUT2D eigenvalue weighted by Gasteiger charge is 2.36. The molecule has 0 spiro atoms. The second kappa shape index (κ2) is 14.5. The van der Waals surface area contributed by atoms with Crippen LogP contribution in [0.1, 0.15) is 51.3 Å². The summed E-state index contributed by atoms with van der Waals surface area (Å²) >= 11 is 0. The van der Waals surface area contributed by atoms with Gasteiger partial charge in [-0.05, 0) is 141 Å². The largest absolute Gasteiger partial charge is 0.310 e. The summed E-state index contributed by atoms with van der Waals surface area (Å²) in [7, 11) is 0. The van der Waals surface area contributed by atoms with E-state index in [4.69, 9.17) is 0 Å². The van der Waals surface area contributed by atoms with Crippen molar-refractivity contribution in [2.75, 3.05) is 4.90 Å². The molecule has 1 aliphatic carbocycles. The van der Waals surface area contributed by atoms with E-state index in [-0.39, 0.29) is 10.8 Å². The monoisotopic (exact) mass is 795 g/mol. The number of nitrogens with zero attached hydrogens (tertiary/aromatic N) is 1. The van der Waals surface area contributed by atoms with E-state index in [1.54, 1.807) is 0 Å². The molecule has 0 unspecified atom stereocenters. The summed E-state index contributed by atoms with van der Waals surface area (Å²) in [5.74, 6) is 0. The van der Waals surface area contributed by atoms with Gasteiger partial charge in [-0.3, -0.25) is 0 Å². The maximum atomic E-state index is 2.47. The molecule has 0 amide bonds. The van der Waals surface area contributed by atoms with Crippen molar-refractivity contribution < 1.29 is 0 Å². The third kappa shape index (κ3) is 6.06. The number of fused-ring (bicyclic) bond motifs is 9. The molecule has 0 fully saturated rings. The normalized spacial score (nSPS) is 13.0. The van der Waals surface area contributed by atoms with Gasteiger partial charge in [0.1, 0.15) is 0 Å². The van der Waals surface area contributed by atoms with Crippen LogP contribution in [0, 0.1) is 0 Å². The Balaban J connectivity index is 1.23. The Bertz CT molecular complexity index is 3320. The quantitative estimate of drug-likeness (QED) is 0.152. The molecule has 0 N–H and O–H groups in total. The Labute approximate surface area is 365 Å². The summed E-state index contributed by atoms with van der Waals surface area (Å²) < 4.78 is 0. The van der Waals surface area contributed by atoms with Gasteiger partial charge in [-0.25, -0.2) is 0 Å². The highest BCUT2D eigenvalue weighted by atomic mass is 15.1. The van der Waals surface area contributed by atoms with Crippen LogP contribution in [0.5, 0.6) is 0 Å². The zero-order valence-electron chi connectivity index (χ0n) is 36.1. The van der Waals surface area contributed by atoms with E-state index >= 15 is 0 Å². The summed E-state index contributed by atoms with van der Waals surface area (Å²) in [6.07, 6.45) is 0. The molecule has 0 atom stereocenters. The molecule has 0 radical (unpaired) electrons. The smallest absolute Gasteiger partial charge is 0.0468 e. The van der Waals surface area contributed by atoms with Gasteiger partial charge in [-0.2, -0.15) is 0 Å². The summed E-state index contributed by atoms with van der Waals surface area (Å²) in [4.78, 5) is 2.47. The number of rotatable bonds is 6. The minimum absolute atomic E-state index is 0.0450. The van der Waals surface area contributed by atoms with E-state index < -0.39 is 0 Å². The van der Waals surface area contributed by atoms with Gasteiger partial charge in [-0.1, -0.05) is 198 Å². The van der Waals surface area contributed by atoms with Crippen molar-refractivity contribution in [3.05, 3.63) is 223 Å². The van der Waals surface area contributed by atoms with Crippen LogP contribution in [-0.4, -0.2) is 0 Å². The molecule has 0 bridgehead atoms. The van der Waals surface area contributed by atoms with Crippen LogP contribution in [0.25, 0.3) is 76.8 Å². The Morgan fingerprint density at radius 2 is 0.871 bits per heavy atom. The topological polar surface area (TPSA) is 3.24 Å². The fourth-order valence-corrected chi connectivity index (χ4v) is 10.3. The van der Waals surface area contributed by atoms with Crippen LogP contribution in [0.4, 0.5) is 17.1 Å². The molecule has 1 heteroatoms. The minimum Gasteiger partial charge on any atom is -0.310 e. The highest BCUT2D eigenvalue weighted by molar-refractivity contribution is 6.33. The van der Waals surface area contributed by atoms with E-state index in [1.165, 1.54) is 93.5 Å². The molecule has 298 valence electrons. The minimum atomic E-state index is -0.122. The molecule has 11 rings (SSSR count). The Morgan fingerprint density at radius 1 is 0.355 bits per heavy atom. The Morgan fingerprint density at radius 3 is 1.55 bits per heavy atom. The van der Waals surface area contributed by atoms with Crippen LogP contribution >= 0.6 is 0 Å². The van der Waals surface area contributed by atoms with E-state index in [0.717, 1.165) is 17.1 Å². The lowest BCUT2D eigenvalue weighted by Crippen LogP contribution is -2.17. The van der Waals surface area contributed by atoms with Crippen LogP contribution in [-0.2, 0) is 10.8 Å². The molecular weight excluding hydrogens is 747 g/mol. The number of benzene rings is 10. The van der Waals surface area contributed by atoms with Gasteiger partial charge < -0.3 is 4.90 Å². The Kier molecular flexibility index (Phi) is 8.81. The molecule has 0 aliphatic heterocycles. The summed E-state index contributed by atoms with van der Waals surface area (Å²) in [6, 6.07) is 76.8. The summed E-state index contributed by atoms with van der Waals surface area (Å²) in [6.45, 7) is 11.6. The van der Waals surface area contributed by atoms with Gasteiger partial charge in [0, 0.05) is 22.5 Å². The molecule has 1 aliphatic rings. The number of hydrogen-bond acceptors (Lipinski definition) is 1. The predicted octanol–water partition coefficient (Wildman–Crippen LogP) is 17.2. The fraction of sp³-hybridized carbons (Fsp3) is 0.115. The van der Waals surface area contributed by atoms with Crippen LogP contribution in [0.3, 0.4) is 0 Å². The first-order chi connectivity index (χ1) is 30.2. The second-order valence-electron chi connectivity index (χ2n) is 18.5. The van der Waals surface area contributed by atoms with Crippen molar-refractivity contribution in [3.63, 3.8) is 0 Å². The Hall–Kier alpha value is -7.22. The second-order valence-corrected chi connectivity index (χ2v) is 18.5. The third-order valence-corrected chi connectivity index (χ3v) is 13.4. The van der Waals surface area contributed by atoms with Crippen molar-refractivity contribution in [1.29, 1.82) is 0 Å². The van der Waals surface area contributed by atoms with Gasteiger partial charge >= 0.3 is 0 Å². The van der Waals surface area contributed by atoms with E-state index in [0.29, 0.717) is 0 Å². The van der Waals surface area contributed by atoms with Gasteiger partial charge in [0.2, 0.25) is 0 Å². The molecule has 62 heavy (non-hydrogen) atoms. The molecule has 1 nitrogen and oxygen atoms in total. The molecule has 10 aromatic carbocycles. The highest BCUT2D eigenvalue weighted by Crippen LogP contribution is 2.53. The number of anilines is 3. The standard InChI is InChI=1S/C61H49N/c1-60(2,3)43-29-31-44(32-30-43)62(46-33-35-49-48-26-17-18-28-55(48)61(4,5)56(49)38-46)45-34-36-51-54(37-45)47-25-15-16-27-50(47)58-53(41-21-11-7-12-22-41)39-52(40-19-9-6-10-20-40)57(59(51)58)42-23-13-8-14-24-42/h6-39H,1-5H3. The molecule has 0 heterocycles. The lowest BCUT2D eigenvalue weighted by molar-refractivity contribution is 0.590. The molecule has 0 aromatic heterocycles. The van der Waals surface area contributed by atoms with E-state index in [9.17, 15) is 0 Å². The van der Waals surface area contributed by atoms with Gasteiger partial charge in [-0.15, -0.1) is 0 Å². The van der Waals surface area contributed by atoms with Crippen molar-refractivity contribution >= 4 is 49.4 Å². The zero-order chi connectivity index (χ0) is 42.2. The maximum Gasteiger partial charge on any atom is 0.0468 e. The molecule has 10 aromatic rings. The first kappa shape index (κ1) is 37.8. The van der Waals surface area contributed by atoms with Crippen molar-refractivity contribution in [2.24, 2.45) is 0 Å². The van der Waals surface area contributed by atoms with Crippen LogP contribution in [0.15, 0.2) is 206 Å². The van der Waals surface area contributed by atoms with Crippen molar-refractivity contribution in [3.8, 4) is 44.5 Å².